The lowest BCUT2D eigenvalue weighted by molar-refractivity contribution is -0.130. The van der Waals surface area contributed by atoms with Crippen LogP contribution in [0.15, 0.2) is 18.2 Å². The summed E-state index contributed by atoms with van der Waals surface area (Å²) in [4.78, 5) is 24.1. The normalized spacial score (nSPS) is 28.6. The van der Waals surface area contributed by atoms with E-state index < -0.39 is 29.3 Å². The van der Waals surface area contributed by atoms with Crippen LogP contribution in [0.3, 0.4) is 0 Å². The standard InChI is InChI=1S/C14H14F2N2O3/c15-10-5-8(12(19)20)1-2-11(10)18-7-9-6-17-4-3-14(9,16)13(18)21/h1-2,5,9,17H,3-4,6-7H2,(H,19,20)/t9-,14+/m0/s1. The zero-order valence-electron chi connectivity index (χ0n) is 11.1. The van der Waals surface area contributed by atoms with E-state index in [1.165, 1.54) is 12.1 Å². The maximum absolute atomic E-state index is 14.8. The highest BCUT2D eigenvalue weighted by atomic mass is 19.1. The number of hydrogen-bond donors (Lipinski definition) is 2. The van der Waals surface area contributed by atoms with Gasteiger partial charge in [-0.3, -0.25) is 4.79 Å². The fourth-order valence-corrected chi connectivity index (χ4v) is 3.00. The lowest BCUT2D eigenvalue weighted by atomic mass is 9.86. The number of carboxylic acids is 1. The third-order valence-corrected chi connectivity index (χ3v) is 4.19. The van der Waals surface area contributed by atoms with E-state index in [-0.39, 0.29) is 24.2 Å². The van der Waals surface area contributed by atoms with Crippen LogP contribution in [0.4, 0.5) is 14.5 Å². The average molecular weight is 296 g/mol. The van der Waals surface area contributed by atoms with Gasteiger partial charge in [0.15, 0.2) is 5.67 Å². The smallest absolute Gasteiger partial charge is 0.335 e. The number of piperidine rings is 1. The zero-order valence-corrected chi connectivity index (χ0v) is 11.1. The Balaban J connectivity index is 1.95. The van der Waals surface area contributed by atoms with Gasteiger partial charge in [-0.05, 0) is 24.7 Å². The minimum atomic E-state index is -1.96. The first kappa shape index (κ1) is 13.9. The fourth-order valence-electron chi connectivity index (χ4n) is 3.00. The minimum Gasteiger partial charge on any atom is -0.478 e. The van der Waals surface area contributed by atoms with E-state index in [0.717, 1.165) is 11.0 Å². The van der Waals surface area contributed by atoms with Crippen molar-refractivity contribution in [2.24, 2.45) is 5.92 Å². The molecule has 0 saturated carbocycles. The molecule has 2 fully saturated rings. The van der Waals surface area contributed by atoms with Gasteiger partial charge in [0.05, 0.1) is 11.3 Å². The number of carbonyl (C=O) groups is 2. The van der Waals surface area contributed by atoms with Gasteiger partial charge in [-0.2, -0.15) is 0 Å². The Hall–Kier alpha value is -2.02. The summed E-state index contributed by atoms with van der Waals surface area (Å²) in [5.74, 6) is -3.35. The van der Waals surface area contributed by atoms with E-state index in [1.54, 1.807) is 0 Å². The van der Waals surface area contributed by atoms with E-state index >= 15 is 0 Å². The van der Waals surface area contributed by atoms with Crippen LogP contribution in [0.1, 0.15) is 16.8 Å². The van der Waals surface area contributed by atoms with Crippen LogP contribution in [0.2, 0.25) is 0 Å². The molecule has 1 aromatic rings. The van der Waals surface area contributed by atoms with Gasteiger partial charge < -0.3 is 15.3 Å². The first-order valence-corrected chi connectivity index (χ1v) is 6.68. The van der Waals surface area contributed by atoms with Crippen molar-refractivity contribution in [3.63, 3.8) is 0 Å². The van der Waals surface area contributed by atoms with Crippen molar-refractivity contribution in [2.75, 3.05) is 24.5 Å². The molecule has 7 heteroatoms. The summed E-state index contributed by atoms with van der Waals surface area (Å²) in [6.07, 6.45) is 0.0713. The van der Waals surface area contributed by atoms with Gasteiger partial charge in [0, 0.05) is 25.4 Å². The maximum Gasteiger partial charge on any atom is 0.335 e. The predicted octanol–water partition coefficient (Wildman–Crippen LogP) is 1.19. The average Bonchev–Trinajstić information content (AvgIpc) is 2.71. The Morgan fingerprint density at radius 3 is 2.86 bits per heavy atom. The molecule has 2 heterocycles. The Bertz CT molecular complexity index is 622. The number of alkyl halides is 1. The largest absolute Gasteiger partial charge is 0.478 e. The highest BCUT2D eigenvalue weighted by Gasteiger charge is 2.56. The maximum atomic E-state index is 14.8. The first-order valence-electron chi connectivity index (χ1n) is 6.68. The van der Waals surface area contributed by atoms with Crippen molar-refractivity contribution < 1.29 is 23.5 Å². The van der Waals surface area contributed by atoms with Gasteiger partial charge in [0.2, 0.25) is 0 Å². The third-order valence-electron chi connectivity index (χ3n) is 4.19. The summed E-state index contributed by atoms with van der Waals surface area (Å²) in [6.45, 7) is 0.867. The number of nitrogens with one attached hydrogen (secondary N) is 1. The Labute approximate surface area is 119 Å². The van der Waals surface area contributed by atoms with Gasteiger partial charge in [-0.1, -0.05) is 0 Å². The molecular formula is C14H14F2N2O3. The monoisotopic (exact) mass is 296 g/mol. The van der Waals surface area contributed by atoms with Crippen molar-refractivity contribution in [1.82, 2.24) is 5.32 Å². The number of carboxylic acid groups (broad SMARTS) is 1. The summed E-state index contributed by atoms with van der Waals surface area (Å²) >= 11 is 0. The minimum absolute atomic E-state index is 0.0713. The molecule has 0 aromatic heterocycles. The summed E-state index contributed by atoms with van der Waals surface area (Å²) in [5, 5.41) is 11.8. The lowest BCUT2D eigenvalue weighted by Gasteiger charge is -2.29. The molecule has 5 nitrogen and oxygen atoms in total. The number of anilines is 1. The van der Waals surface area contributed by atoms with Crippen LogP contribution >= 0.6 is 0 Å². The van der Waals surface area contributed by atoms with Crippen LogP contribution < -0.4 is 10.2 Å². The molecular weight excluding hydrogens is 282 g/mol. The van der Waals surface area contributed by atoms with Crippen LogP contribution in [-0.4, -0.2) is 42.3 Å². The quantitative estimate of drug-likeness (QED) is 0.860. The van der Waals surface area contributed by atoms with Gasteiger partial charge in [-0.25, -0.2) is 13.6 Å². The third kappa shape index (κ3) is 2.08. The van der Waals surface area contributed by atoms with Crippen molar-refractivity contribution >= 4 is 17.6 Å². The molecule has 2 aliphatic rings. The first-order chi connectivity index (χ1) is 9.93. The SMILES string of the molecule is O=C(O)c1ccc(N2C[C@@H]3CNCC[C@]3(F)C2=O)c(F)c1. The lowest BCUT2D eigenvalue weighted by Crippen LogP contribution is -2.49. The van der Waals surface area contributed by atoms with Gasteiger partial charge in [-0.15, -0.1) is 0 Å². The summed E-state index contributed by atoms with van der Waals surface area (Å²) in [6, 6.07) is 3.26. The second-order valence-corrected chi connectivity index (χ2v) is 5.40. The number of aromatic carboxylic acids is 1. The second kappa shape index (κ2) is 4.77. The summed E-state index contributed by atoms with van der Waals surface area (Å²) in [7, 11) is 0. The number of halogens is 2. The number of nitrogens with zero attached hydrogens (tertiary/aromatic N) is 1. The number of fused-ring (bicyclic) bond motifs is 1. The number of carbonyl (C=O) groups excluding carboxylic acids is 1. The molecule has 0 bridgehead atoms. The van der Waals surface area contributed by atoms with Gasteiger partial charge in [0.1, 0.15) is 5.82 Å². The van der Waals surface area contributed by atoms with Crippen molar-refractivity contribution in [2.45, 2.75) is 12.1 Å². The van der Waals surface area contributed by atoms with Crippen molar-refractivity contribution in [3.8, 4) is 0 Å². The molecule has 0 unspecified atom stereocenters. The molecule has 2 N–H and O–H groups in total. The van der Waals surface area contributed by atoms with E-state index in [4.69, 9.17) is 5.11 Å². The fraction of sp³-hybridized carbons (Fsp3) is 0.429. The molecule has 112 valence electrons. The molecule has 0 radical (unpaired) electrons. The molecule has 0 aliphatic carbocycles. The highest BCUT2D eigenvalue weighted by Crippen LogP contribution is 2.40. The van der Waals surface area contributed by atoms with Crippen LogP contribution in [0, 0.1) is 11.7 Å². The molecule has 1 amide bonds. The number of rotatable bonds is 2. The number of amides is 1. The van der Waals surface area contributed by atoms with Crippen molar-refractivity contribution in [1.29, 1.82) is 0 Å². The van der Waals surface area contributed by atoms with Crippen LogP contribution in [-0.2, 0) is 4.79 Å². The Kier molecular flexibility index (Phi) is 3.16. The van der Waals surface area contributed by atoms with Crippen LogP contribution in [0.25, 0.3) is 0 Å². The summed E-state index contributed by atoms with van der Waals surface area (Å²) in [5.41, 5.74) is -2.24. The van der Waals surface area contributed by atoms with Gasteiger partial charge >= 0.3 is 5.97 Å². The molecule has 2 atom stereocenters. The molecule has 1 aromatic carbocycles. The number of hydrogen-bond acceptors (Lipinski definition) is 3. The molecule has 0 spiro atoms. The predicted molar refractivity (Wildman–Crippen MR) is 70.5 cm³/mol. The highest BCUT2D eigenvalue weighted by molar-refractivity contribution is 6.02. The molecule has 3 rings (SSSR count). The van der Waals surface area contributed by atoms with Crippen molar-refractivity contribution in [3.05, 3.63) is 29.6 Å². The molecule has 21 heavy (non-hydrogen) atoms. The Morgan fingerprint density at radius 2 is 2.24 bits per heavy atom. The summed E-state index contributed by atoms with van der Waals surface area (Å²) < 4.78 is 28.8. The second-order valence-electron chi connectivity index (χ2n) is 5.40. The van der Waals surface area contributed by atoms with E-state index in [1.807, 2.05) is 0 Å². The Morgan fingerprint density at radius 1 is 1.48 bits per heavy atom. The topological polar surface area (TPSA) is 69.6 Å². The molecule has 2 saturated heterocycles. The van der Waals surface area contributed by atoms with E-state index in [2.05, 4.69) is 5.32 Å². The van der Waals surface area contributed by atoms with E-state index in [9.17, 15) is 18.4 Å². The molecule has 2 aliphatic heterocycles. The van der Waals surface area contributed by atoms with Gasteiger partial charge in [0.25, 0.3) is 5.91 Å². The van der Waals surface area contributed by atoms with E-state index in [0.29, 0.717) is 13.1 Å². The van der Waals surface area contributed by atoms with Crippen LogP contribution in [0.5, 0.6) is 0 Å². The number of benzene rings is 1. The zero-order chi connectivity index (χ0) is 15.2.